The predicted molar refractivity (Wildman–Crippen MR) is 154 cm³/mol. The molecule has 0 radical (unpaired) electrons. The number of aliphatic hydroxyl groups excluding tert-OH is 1. The maximum atomic E-state index is 12.9. The molecule has 3 saturated carbocycles. The molecule has 222 valence electrons. The molecule has 10 atom stereocenters. The van der Waals surface area contributed by atoms with E-state index in [0.717, 1.165) is 44.9 Å². The summed E-state index contributed by atoms with van der Waals surface area (Å²) in [6.07, 6.45) is 11.2. The van der Waals surface area contributed by atoms with Crippen molar-refractivity contribution in [2.75, 3.05) is 6.61 Å². The summed E-state index contributed by atoms with van der Waals surface area (Å²) in [6, 6.07) is 0. The molecule has 5 nitrogen and oxygen atoms in total. The molecule has 0 amide bonds. The van der Waals surface area contributed by atoms with Crippen LogP contribution in [0.3, 0.4) is 0 Å². The number of rotatable bonds is 7. The second-order valence-electron chi connectivity index (χ2n) is 15.8. The summed E-state index contributed by atoms with van der Waals surface area (Å²) in [5, 5.41) is 21.6. The van der Waals surface area contributed by atoms with Gasteiger partial charge < -0.3 is 19.7 Å². The Morgan fingerprint density at radius 2 is 1.85 bits per heavy atom. The minimum absolute atomic E-state index is 0.126. The molecule has 0 aromatic rings. The van der Waals surface area contributed by atoms with Crippen LogP contribution >= 0.6 is 0 Å². The lowest BCUT2D eigenvalue weighted by atomic mass is 9.41. The van der Waals surface area contributed by atoms with E-state index in [1.807, 2.05) is 0 Å². The fourth-order valence-electron chi connectivity index (χ4n) is 10.5. The molecule has 2 N–H and O–H groups in total. The third-order valence-corrected chi connectivity index (χ3v) is 13.2. The lowest BCUT2D eigenvalue weighted by Gasteiger charge is -2.63. The monoisotopic (exact) mass is 544 g/mol. The molecule has 39 heavy (non-hydrogen) atoms. The molecule has 0 aromatic carbocycles. The van der Waals surface area contributed by atoms with Crippen molar-refractivity contribution in [2.24, 2.45) is 45.3 Å². The lowest BCUT2D eigenvalue weighted by molar-refractivity contribution is -0.195. The van der Waals surface area contributed by atoms with E-state index in [2.05, 4.69) is 47.6 Å². The molecule has 1 heterocycles. The average molecular weight is 545 g/mol. The molecule has 4 aliphatic carbocycles. The zero-order valence-corrected chi connectivity index (χ0v) is 26.0. The third-order valence-electron chi connectivity index (χ3n) is 13.2. The highest BCUT2D eigenvalue weighted by molar-refractivity contribution is 5.85. The first-order valence-electron chi connectivity index (χ1n) is 16.0. The van der Waals surface area contributed by atoms with Crippen LogP contribution in [0.25, 0.3) is 0 Å². The van der Waals surface area contributed by atoms with Gasteiger partial charge in [-0.05, 0) is 99.2 Å². The van der Waals surface area contributed by atoms with Gasteiger partial charge in [-0.25, -0.2) is 0 Å². The van der Waals surface area contributed by atoms with Gasteiger partial charge in [-0.2, -0.15) is 0 Å². The zero-order valence-electron chi connectivity index (χ0n) is 26.0. The number of fused-ring (bicyclic) bond motifs is 5. The Kier molecular flexibility index (Phi) is 7.56. The first kappa shape index (κ1) is 29.7. The highest BCUT2D eigenvalue weighted by Gasteiger charge is 2.67. The molecular weight excluding hydrogens is 488 g/mol. The van der Waals surface area contributed by atoms with E-state index in [1.165, 1.54) is 19.3 Å². The van der Waals surface area contributed by atoms with Gasteiger partial charge in [0.25, 0.3) is 0 Å². The number of ketones is 1. The topological polar surface area (TPSA) is 76.0 Å². The fraction of sp³-hybridized carbons (Fsp3) is 0.912. The van der Waals surface area contributed by atoms with Gasteiger partial charge in [-0.1, -0.05) is 59.6 Å². The van der Waals surface area contributed by atoms with Gasteiger partial charge in [-0.15, -0.1) is 0 Å². The summed E-state index contributed by atoms with van der Waals surface area (Å²) >= 11 is 0. The molecule has 1 saturated heterocycles. The molecule has 5 aliphatic rings. The molecule has 5 heteroatoms. The van der Waals surface area contributed by atoms with E-state index >= 15 is 0 Å². The molecule has 0 spiro atoms. The van der Waals surface area contributed by atoms with Crippen molar-refractivity contribution in [3.63, 3.8) is 0 Å². The highest BCUT2D eigenvalue weighted by Crippen LogP contribution is 2.73. The van der Waals surface area contributed by atoms with Crippen LogP contribution in [-0.4, -0.2) is 46.7 Å². The Morgan fingerprint density at radius 3 is 2.51 bits per heavy atom. The van der Waals surface area contributed by atoms with Crippen LogP contribution in [0.4, 0.5) is 0 Å². The maximum Gasteiger partial charge on any atom is 0.161 e. The van der Waals surface area contributed by atoms with Crippen molar-refractivity contribution in [3.8, 4) is 0 Å². The van der Waals surface area contributed by atoms with Gasteiger partial charge in [0.15, 0.2) is 6.29 Å². The van der Waals surface area contributed by atoms with Crippen molar-refractivity contribution in [2.45, 2.75) is 144 Å². The van der Waals surface area contributed by atoms with Gasteiger partial charge in [0.1, 0.15) is 11.9 Å². The summed E-state index contributed by atoms with van der Waals surface area (Å²) in [5.74, 6) is 2.10. The van der Waals surface area contributed by atoms with Gasteiger partial charge >= 0.3 is 0 Å². The standard InChI is InChI=1S/C34H56O5/c1-9-10-19-38-29-21(20-25(39-29)28(36)31(4,5)37)22-13-17-34(8)24-11-12-26-30(2,3)27(35)15-16-32(26,6)23(24)14-18-33(22,34)7/h11,21-23,25-26,28-29,36-37H,9-10,12-20H2,1-8H3. The van der Waals surface area contributed by atoms with E-state index in [9.17, 15) is 15.0 Å². The van der Waals surface area contributed by atoms with Crippen LogP contribution in [-0.2, 0) is 14.3 Å². The fourth-order valence-corrected chi connectivity index (χ4v) is 10.5. The van der Waals surface area contributed by atoms with E-state index in [0.29, 0.717) is 30.1 Å². The summed E-state index contributed by atoms with van der Waals surface area (Å²) in [5.41, 5.74) is 0.671. The van der Waals surface area contributed by atoms with Crippen LogP contribution < -0.4 is 0 Å². The van der Waals surface area contributed by atoms with Gasteiger partial charge in [0, 0.05) is 24.4 Å². The first-order valence-corrected chi connectivity index (χ1v) is 16.0. The lowest BCUT2D eigenvalue weighted by Crippen LogP contribution is -2.57. The van der Waals surface area contributed by atoms with Crippen LogP contribution in [0.5, 0.6) is 0 Å². The van der Waals surface area contributed by atoms with Crippen molar-refractivity contribution in [1.82, 2.24) is 0 Å². The quantitative estimate of drug-likeness (QED) is 0.271. The van der Waals surface area contributed by atoms with E-state index in [-0.39, 0.29) is 33.9 Å². The summed E-state index contributed by atoms with van der Waals surface area (Å²) < 4.78 is 12.8. The Bertz CT molecular complexity index is 979. The SMILES string of the molecule is CCCCOC1OC(C(O)C(C)(C)O)CC1C1CCC2(C)C3=CCC4C(C)(C)C(=O)CCC4(C)C3CCC12C. The van der Waals surface area contributed by atoms with E-state index in [4.69, 9.17) is 9.47 Å². The highest BCUT2D eigenvalue weighted by atomic mass is 16.7. The number of unbranched alkanes of at least 4 members (excludes halogenated alkanes) is 1. The second kappa shape index (κ2) is 9.92. The minimum Gasteiger partial charge on any atom is -0.388 e. The Hall–Kier alpha value is -0.750. The number of carbonyl (C=O) groups is 1. The number of carbonyl (C=O) groups excluding carboxylic acids is 1. The maximum absolute atomic E-state index is 12.9. The van der Waals surface area contributed by atoms with Gasteiger partial charge in [-0.3, -0.25) is 4.79 Å². The van der Waals surface area contributed by atoms with Gasteiger partial charge in [0.2, 0.25) is 0 Å². The van der Waals surface area contributed by atoms with Crippen molar-refractivity contribution >= 4 is 5.78 Å². The summed E-state index contributed by atoms with van der Waals surface area (Å²) in [6.45, 7) is 18.2. The van der Waals surface area contributed by atoms with Gasteiger partial charge in [0.05, 0.1) is 11.7 Å². The Balaban J connectivity index is 1.44. The largest absolute Gasteiger partial charge is 0.388 e. The Morgan fingerprint density at radius 1 is 1.13 bits per heavy atom. The predicted octanol–water partition coefficient (Wildman–Crippen LogP) is 6.84. The van der Waals surface area contributed by atoms with E-state index in [1.54, 1.807) is 19.4 Å². The minimum atomic E-state index is -1.21. The van der Waals surface area contributed by atoms with Crippen molar-refractivity contribution in [3.05, 3.63) is 11.6 Å². The molecule has 1 aliphatic heterocycles. The second-order valence-corrected chi connectivity index (χ2v) is 15.8. The Labute approximate surface area is 237 Å². The normalized spacial score (nSPS) is 46.3. The third kappa shape index (κ3) is 4.43. The molecule has 0 bridgehead atoms. The molecule has 10 unspecified atom stereocenters. The molecular formula is C34H56O5. The van der Waals surface area contributed by atoms with E-state index < -0.39 is 17.8 Å². The van der Waals surface area contributed by atoms with Crippen LogP contribution in [0, 0.1) is 45.3 Å². The van der Waals surface area contributed by atoms with Crippen molar-refractivity contribution in [1.29, 1.82) is 0 Å². The number of Topliss-reactive ketones (excluding diaryl/α,β-unsaturated/α-hetero) is 1. The number of ether oxygens (including phenoxy) is 2. The molecule has 0 aromatic heterocycles. The summed E-state index contributed by atoms with van der Waals surface area (Å²) in [4.78, 5) is 12.9. The molecule has 5 rings (SSSR count). The molecule has 4 fully saturated rings. The summed E-state index contributed by atoms with van der Waals surface area (Å²) in [7, 11) is 0. The van der Waals surface area contributed by atoms with Crippen LogP contribution in [0.2, 0.25) is 0 Å². The average Bonchev–Trinajstić information content (AvgIpc) is 3.39. The van der Waals surface area contributed by atoms with Crippen LogP contribution in [0.15, 0.2) is 11.6 Å². The first-order chi connectivity index (χ1) is 18.1. The number of aliphatic hydroxyl groups is 2. The zero-order chi connectivity index (χ0) is 28.6. The number of hydrogen-bond acceptors (Lipinski definition) is 5. The number of hydrogen-bond donors (Lipinski definition) is 2. The van der Waals surface area contributed by atoms with Crippen molar-refractivity contribution < 1.29 is 24.5 Å². The smallest absolute Gasteiger partial charge is 0.161 e. The van der Waals surface area contributed by atoms with Crippen LogP contribution in [0.1, 0.15) is 120 Å². The number of allylic oxidation sites excluding steroid dienone is 2.